The first kappa shape index (κ1) is 15.6. The predicted molar refractivity (Wildman–Crippen MR) is 15.3 cm³/mol. The zero-order valence-corrected chi connectivity index (χ0v) is 8.66. The molecular weight excluding hydrogens is 213 g/mol. The van der Waals surface area contributed by atoms with Crippen LogP contribution >= 0.6 is 0 Å². The van der Waals surface area contributed by atoms with Crippen LogP contribution in [0.25, 0.3) is 0 Å². The molecule has 0 bridgehead atoms. The molecule has 0 atom stereocenters. The summed E-state index contributed by atoms with van der Waals surface area (Å²) in [6, 6.07) is 0. The largest absolute Gasteiger partial charge is 2.00 e. The van der Waals surface area contributed by atoms with E-state index in [0.717, 1.165) is 0 Å². The Labute approximate surface area is 65.8 Å². The Morgan fingerprint density at radius 2 is 1.86 bits per heavy atom. The smallest absolute Gasteiger partial charge is 1.00 e. The molecule has 2 nitrogen and oxygen atoms in total. The summed E-state index contributed by atoms with van der Waals surface area (Å²) >= 11 is 0. The second-order valence-corrected chi connectivity index (χ2v) is 0.726. The van der Waals surface area contributed by atoms with E-state index in [-0.39, 0.29) is 42.9 Å². The first-order valence-electron chi connectivity index (χ1n) is 1.47. The van der Waals surface area contributed by atoms with E-state index in [1.807, 2.05) is 0 Å². The molecule has 0 aromatic rings. The number of rotatable bonds is 1. The van der Waals surface area contributed by atoms with Gasteiger partial charge < -0.3 is 26.9 Å². The monoisotopic (exact) mass is 216 g/mol. The number of carboxylic acids is 1. The first-order chi connectivity index (χ1) is 2.27. The van der Waals surface area contributed by atoms with Gasteiger partial charge in [-0.15, -0.1) is 0 Å². The van der Waals surface area contributed by atoms with Crippen LogP contribution in [0, 0.1) is 0 Å². The van der Waals surface area contributed by atoms with Crippen LogP contribution in [-0.2, 0) is 24.3 Å². The average Bonchev–Trinajstić information content (AvgIpc) is 1.38. The van der Waals surface area contributed by atoms with Gasteiger partial charge in [0.2, 0.25) is 0 Å². The zero-order valence-electron chi connectivity index (χ0n) is 4.11. The molecule has 0 unspecified atom stereocenters. The first-order valence-corrected chi connectivity index (χ1v) is 1.47. The minimum atomic E-state index is -0.995. The molecule has 0 N–H and O–H groups in total. The Morgan fingerprint density at radius 3 is 1.86 bits per heavy atom. The molecule has 0 rings (SSSR count). The van der Waals surface area contributed by atoms with Gasteiger partial charge in [-0.25, -0.2) is 0 Å². The Morgan fingerprint density at radius 1 is 1.71 bits per heavy atom. The quantitative estimate of drug-likeness (QED) is 0.423. The molecule has 0 radical (unpaired) electrons. The molecule has 0 aromatic heterocycles. The molecule has 0 heterocycles. The summed E-state index contributed by atoms with van der Waals surface area (Å²) in [7, 11) is 0. The number of halogens is 1. The molecule has 0 saturated carbocycles. The van der Waals surface area contributed by atoms with Crippen LogP contribution in [0.4, 0.5) is 0 Å². The van der Waals surface area contributed by atoms with E-state index in [4.69, 9.17) is 0 Å². The number of hydrogen-bond acceptors (Lipinski definition) is 2. The summed E-state index contributed by atoms with van der Waals surface area (Å²) < 4.78 is 0. The van der Waals surface area contributed by atoms with Crippen LogP contribution < -0.4 is 22.1 Å². The van der Waals surface area contributed by atoms with E-state index in [1.54, 1.807) is 0 Å². The molecule has 7 heavy (non-hydrogen) atoms. The number of hydrogen-bond donors (Lipinski definition) is 0. The van der Waals surface area contributed by atoms with Gasteiger partial charge in [-0.1, -0.05) is 6.92 Å². The Hall–Kier alpha value is 0.573. The third-order valence-corrected chi connectivity index (χ3v) is 0.289. The topological polar surface area (TPSA) is 40.1 Å². The molecule has 0 fully saturated rings. The Bertz CT molecular complexity index is 48.2. The third-order valence-electron chi connectivity index (χ3n) is 0.289. The van der Waals surface area contributed by atoms with Crippen molar-refractivity contribution in [2.45, 2.75) is 13.3 Å². The molecule has 0 aliphatic heterocycles. The van der Waals surface area contributed by atoms with Crippen LogP contribution in [0.2, 0.25) is 0 Å². The summed E-state index contributed by atoms with van der Waals surface area (Å²) in [5.41, 5.74) is 0. The van der Waals surface area contributed by atoms with Crippen LogP contribution in [0.5, 0.6) is 0 Å². The van der Waals surface area contributed by atoms with Crippen molar-refractivity contribution in [3.05, 3.63) is 0 Å². The molecule has 0 amide bonds. The fourth-order valence-electron chi connectivity index (χ4n) is 0. The van der Waals surface area contributed by atoms with Gasteiger partial charge in [-0.05, 0) is 6.42 Å². The predicted octanol–water partition coefficient (Wildman–Crippen LogP) is -3.85. The summed E-state index contributed by atoms with van der Waals surface area (Å²) in [4.78, 5) is 9.26. The summed E-state index contributed by atoms with van der Waals surface area (Å²) in [5, 5.41) is 9.26. The Balaban J connectivity index is -0.0000000800. The summed E-state index contributed by atoms with van der Waals surface area (Å²) in [5.74, 6) is -0.995. The van der Waals surface area contributed by atoms with Crippen molar-refractivity contribution >= 4 is 5.97 Å². The van der Waals surface area contributed by atoms with E-state index < -0.39 is 5.97 Å². The van der Waals surface area contributed by atoms with Crippen molar-refractivity contribution < 1.29 is 46.4 Å². The van der Waals surface area contributed by atoms with Gasteiger partial charge in [0, 0.05) is 5.97 Å². The third kappa shape index (κ3) is 20.8. The summed E-state index contributed by atoms with van der Waals surface area (Å²) in [6.07, 6.45) is 0.111. The maximum atomic E-state index is 9.26. The Kier molecular flexibility index (Phi) is 21.8. The van der Waals surface area contributed by atoms with Gasteiger partial charge in [0.25, 0.3) is 0 Å². The zero-order chi connectivity index (χ0) is 4.28. The van der Waals surface area contributed by atoms with Gasteiger partial charge in [0.05, 0.1) is 0 Å². The van der Waals surface area contributed by atoms with E-state index in [2.05, 4.69) is 0 Å². The fourth-order valence-corrected chi connectivity index (χ4v) is 0. The van der Waals surface area contributed by atoms with Crippen LogP contribution in [0.1, 0.15) is 13.3 Å². The minimum absolute atomic E-state index is 0. The van der Waals surface area contributed by atoms with E-state index in [0.29, 0.717) is 0 Å². The van der Waals surface area contributed by atoms with Crippen molar-refractivity contribution in [3.63, 3.8) is 0 Å². The van der Waals surface area contributed by atoms with Crippen LogP contribution in [0.15, 0.2) is 0 Å². The number of carboxylic acid groups (broad SMARTS) is 1. The maximum Gasteiger partial charge on any atom is 2.00 e. The second-order valence-electron chi connectivity index (χ2n) is 0.726. The van der Waals surface area contributed by atoms with E-state index in [1.165, 1.54) is 6.92 Å². The summed E-state index contributed by atoms with van der Waals surface area (Å²) in [6.45, 7) is 1.54. The van der Waals surface area contributed by atoms with Crippen molar-refractivity contribution in [1.82, 2.24) is 0 Å². The number of carbonyl (C=O) groups is 1. The molecule has 0 saturated heterocycles. The number of carbonyl (C=O) groups excluding carboxylic acids is 1. The van der Waals surface area contributed by atoms with Crippen molar-refractivity contribution in [1.29, 1.82) is 0 Å². The molecule has 0 aliphatic rings. The van der Waals surface area contributed by atoms with Crippen molar-refractivity contribution in [2.24, 2.45) is 0 Å². The fraction of sp³-hybridized carbons (Fsp3) is 0.667. The van der Waals surface area contributed by atoms with Crippen LogP contribution in [-0.4, -0.2) is 5.97 Å². The van der Waals surface area contributed by atoms with Gasteiger partial charge in [-0.3, -0.25) is 0 Å². The molecule has 0 aliphatic carbocycles. The molecule has 0 spiro atoms. The standard InChI is InChI=1S/C3H6O2.BrH.Zn/c1-2-3(4)5;;/h2H2,1H3,(H,4,5);1H;/q;;+2/p-2. The molecule has 38 valence electrons. The average molecular weight is 218 g/mol. The molecule has 4 heteroatoms. The minimum Gasteiger partial charge on any atom is -1.00 e. The van der Waals surface area contributed by atoms with Crippen molar-refractivity contribution in [3.8, 4) is 0 Å². The number of aliphatic carboxylic acids is 1. The van der Waals surface area contributed by atoms with E-state index >= 15 is 0 Å². The van der Waals surface area contributed by atoms with E-state index in [9.17, 15) is 9.90 Å². The van der Waals surface area contributed by atoms with Crippen molar-refractivity contribution in [2.75, 3.05) is 0 Å². The van der Waals surface area contributed by atoms with Gasteiger partial charge >= 0.3 is 19.5 Å². The molecule has 0 aromatic carbocycles. The normalized spacial score (nSPS) is 5.29. The van der Waals surface area contributed by atoms with Crippen LogP contribution in [0.3, 0.4) is 0 Å². The second kappa shape index (κ2) is 9.76. The van der Waals surface area contributed by atoms with Gasteiger partial charge in [0.15, 0.2) is 0 Å². The van der Waals surface area contributed by atoms with Gasteiger partial charge in [0.1, 0.15) is 0 Å². The van der Waals surface area contributed by atoms with Gasteiger partial charge in [-0.2, -0.15) is 0 Å². The molecular formula is C3H5BrO2Zn. The maximum absolute atomic E-state index is 9.26. The SMILES string of the molecule is CCC(=O)[O-].[Br-].[Zn+2].